The molecule has 234 valence electrons. The maximum atomic E-state index is 6.11. The topological polar surface area (TPSA) is 52.0 Å². The van der Waals surface area contributed by atoms with Gasteiger partial charge in [-0.15, -0.1) is 0 Å². The van der Waals surface area contributed by atoms with E-state index in [1.807, 2.05) is 0 Å². The minimum absolute atomic E-state index is 0.402. The lowest BCUT2D eigenvalue weighted by molar-refractivity contribution is 0.616. The summed E-state index contributed by atoms with van der Waals surface area (Å²) in [6, 6.07) is 32.1. The second-order valence-corrected chi connectivity index (χ2v) is 13.0. The van der Waals surface area contributed by atoms with Crippen molar-refractivity contribution in [1.82, 2.24) is 0 Å². The van der Waals surface area contributed by atoms with Gasteiger partial charge in [-0.25, -0.2) is 0 Å². The van der Waals surface area contributed by atoms with Crippen molar-refractivity contribution in [3.63, 3.8) is 0 Å². The lowest BCUT2D eigenvalue weighted by atomic mass is 9.81. The summed E-state index contributed by atoms with van der Waals surface area (Å²) >= 11 is 0. The molecule has 0 heterocycles. The van der Waals surface area contributed by atoms with E-state index in [1.165, 1.54) is 95.9 Å². The van der Waals surface area contributed by atoms with Crippen molar-refractivity contribution in [1.29, 1.82) is 0 Å². The molecule has 4 rings (SSSR count). The zero-order valence-electron chi connectivity index (χ0n) is 28.0. The molecular formula is C42H56N2. The summed E-state index contributed by atoms with van der Waals surface area (Å²) in [5.41, 5.74) is 25.0. The molecule has 2 unspecified atom stereocenters. The molecule has 2 atom stereocenters. The maximum absolute atomic E-state index is 6.11. The molecule has 0 radical (unpaired) electrons. The van der Waals surface area contributed by atoms with Crippen molar-refractivity contribution in [2.45, 2.75) is 117 Å². The second kappa shape index (κ2) is 16.5. The van der Waals surface area contributed by atoms with Gasteiger partial charge in [-0.1, -0.05) is 126 Å². The zero-order valence-corrected chi connectivity index (χ0v) is 28.0. The fourth-order valence-electron chi connectivity index (χ4n) is 7.05. The van der Waals surface area contributed by atoms with Gasteiger partial charge in [-0.3, -0.25) is 0 Å². The third kappa shape index (κ3) is 8.56. The Morgan fingerprint density at radius 3 is 1.11 bits per heavy atom. The van der Waals surface area contributed by atoms with Gasteiger partial charge in [0.15, 0.2) is 0 Å². The highest BCUT2D eigenvalue weighted by atomic mass is 14.5. The fourth-order valence-corrected chi connectivity index (χ4v) is 7.05. The van der Waals surface area contributed by atoms with Crippen LogP contribution in [0.5, 0.6) is 0 Å². The van der Waals surface area contributed by atoms with Crippen molar-refractivity contribution < 1.29 is 0 Å². The number of nitrogens with two attached hydrogens (primary N) is 2. The van der Waals surface area contributed by atoms with Crippen LogP contribution in [0.3, 0.4) is 0 Å². The Bertz CT molecular complexity index is 1330. The predicted octanol–water partition coefficient (Wildman–Crippen LogP) is 11.8. The van der Waals surface area contributed by atoms with Crippen molar-refractivity contribution >= 4 is 11.4 Å². The van der Waals surface area contributed by atoms with Gasteiger partial charge in [0.05, 0.1) is 0 Å². The first-order valence-electron chi connectivity index (χ1n) is 17.3. The van der Waals surface area contributed by atoms with E-state index >= 15 is 0 Å². The van der Waals surface area contributed by atoms with Crippen LogP contribution in [-0.4, -0.2) is 0 Å². The minimum atomic E-state index is 0.402. The molecule has 44 heavy (non-hydrogen) atoms. The van der Waals surface area contributed by atoms with Crippen LogP contribution in [0.1, 0.15) is 147 Å². The molecule has 4 aromatic carbocycles. The molecule has 0 spiro atoms. The Kier molecular flexibility index (Phi) is 12.5. The number of hydrogen-bond acceptors (Lipinski definition) is 2. The number of aryl methyl sites for hydroxylation is 2. The van der Waals surface area contributed by atoms with Crippen LogP contribution < -0.4 is 11.5 Å². The molecule has 4 aromatic rings. The monoisotopic (exact) mass is 588 g/mol. The summed E-state index contributed by atoms with van der Waals surface area (Å²) in [4.78, 5) is 0. The van der Waals surface area contributed by atoms with Gasteiger partial charge >= 0.3 is 0 Å². The van der Waals surface area contributed by atoms with Gasteiger partial charge in [0, 0.05) is 29.1 Å². The van der Waals surface area contributed by atoms with E-state index in [4.69, 9.17) is 11.5 Å². The van der Waals surface area contributed by atoms with E-state index in [-0.39, 0.29) is 0 Å². The molecule has 0 aliphatic heterocycles. The summed E-state index contributed by atoms with van der Waals surface area (Å²) < 4.78 is 0. The van der Waals surface area contributed by atoms with Crippen LogP contribution in [0.4, 0.5) is 11.4 Å². The van der Waals surface area contributed by atoms with Crippen LogP contribution in [0, 0.1) is 13.8 Å². The van der Waals surface area contributed by atoms with Gasteiger partial charge in [0.1, 0.15) is 0 Å². The third-order valence-electron chi connectivity index (χ3n) is 9.61. The van der Waals surface area contributed by atoms with Crippen LogP contribution in [0.2, 0.25) is 0 Å². The molecule has 0 fully saturated rings. The lowest BCUT2D eigenvalue weighted by Gasteiger charge is -2.24. The van der Waals surface area contributed by atoms with Crippen molar-refractivity contribution in [3.8, 4) is 0 Å². The summed E-state index contributed by atoms with van der Waals surface area (Å²) in [5, 5.41) is 0. The summed E-state index contributed by atoms with van der Waals surface area (Å²) in [5.74, 6) is 1.21. The third-order valence-corrected chi connectivity index (χ3v) is 9.61. The van der Waals surface area contributed by atoms with Crippen LogP contribution in [0.25, 0.3) is 0 Å². The Hall–Kier alpha value is -3.52. The number of nitrogen functional groups attached to an aromatic ring is 2. The standard InChI is InChI=1S/C42H56N2/c1-6-9-12-15-40(32-16-20-34(21-17-32)41(13-10-7-2)38-26-24-36(43)28-30(38)4)33-18-22-35(23-19-33)42(14-11-8-3)39-27-25-37(44)29-31(39)5/h16-29,40-42H,6-15,43-44H2,1-5H3. The lowest BCUT2D eigenvalue weighted by Crippen LogP contribution is -2.07. The average Bonchev–Trinajstić information content (AvgIpc) is 3.02. The highest BCUT2D eigenvalue weighted by Gasteiger charge is 2.20. The van der Waals surface area contributed by atoms with Crippen molar-refractivity contribution in [2.24, 2.45) is 0 Å². The highest BCUT2D eigenvalue weighted by Crippen LogP contribution is 2.38. The van der Waals surface area contributed by atoms with Crippen LogP contribution in [-0.2, 0) is 0 Å². The van der Waals surface area contributed by atoms with Gasteiger partial charge in [0.25, 0.3) is 0 Å². The van der Waals surface area contributed by atoms with E-state index < -0.39 is 0 Å². The second-order valence-electron chi connectivity index (χ2n) is 13.0. The molecule has 0 amide bonds. The van der Waals surface area contributed by atoms with Crippen LogP contribution >= 0.6 is 0 Å². The maximum Gasteiger partial charge on any atom is 0.0316 e. The summed E-state index contributed by atoms with van der Waals surface area (Å²) in [6.07, 6.45) is 12.1. The smallest absolute Gasteiger partial charge is 0.0316 e. The average molecular weight is 589 g/mol. The number of benzene rings is 4. The predicted molar refractivity (Wildman–Crippen MR) is 193 cm³/mol. The van der Waals surface area contributed by atoms with E-state index in [0.717, 1.165) is 24.2 Å². The Balaban J connectivity index is 1.64. The molecule has 4 N–H and O–H groups in total. The molecule has 2 heteroatoms. The Labute approximate surface area is 268 Å². The summed E-state index contributed by atoms with van der Waals surface area (Å²) in [6.45, 7) is 11.3. The largest absolute Gasteiger partial charge is 0.399 e. The van der Waals surface area contributed by atoms with Gasteiger partial charge in [-0.2, -0.15) is 0 Å². The van der Waals surface area contributed by atoms with Crippen molar-refractivity contribution in [2.75, 3.05) is 11.5 Å². The first-order valence-corrected chi connectivity index (χ1v) is 17.3. The van der Waals surface area contributed by atoms with Gasteiger partial charge in [-0.05, 0) is 102 Å². The quantitative estimate of drug-likeness (QED) is 0.101. The minimum Gasteiger partial charge on any atom is -0.399 e. The Morgan fingerprint density at radius 2 is 0.773 bits per heavy atom. The number of rotatable bonds is 16. The van der Waals surface area contributed by atoms with Gasteiger partial charge < -0.3 is 11.5 Å². The molecular weight excluding hydrogens is 532 g/mol. The molecule has 0 saturated heterocycles. The van der Waals surface area contributed by atoms with E-state index in [9.17, 15) is 0 Å². The number of anilines is 2. The number of unbranched alkanes of at least 4 members (excludes halogenated alkanes) is 4. The van der Waals surface area contributed by atoms with Crippen LogP contribution in [0.15, 0.2) is 84.9 Å². The van der Waals surface area contributed by atoms with E-state index in [2.05, 4.69) is 120 Å². The zero-order chi connectivity index (χ0) is 31.5. The van der Waals surface area contributed by atoms with E-state index in [0.29, 0.717) is 17.8 Å². The Morgan fingerprint density at radius 1 is 0.432 bits per heavy atom. The molecule has 0 aromatic heterocycles. The van der Waals surface area contributed by atoms with E-state index in [1.54, 1.807) is 0 Å². The molecule has 0 aliphatic rings. The molecule has 0 bridgehead atoms. The number of hydrogen-bond donors (Lipinski definition) is 2. The van der Waals surface area contributed by atoms with Gasteiger partial charge in [0.2, 0.25) is 0 Å². The molecule has 0 aliphatic carbocycles. The fraction of sp³-hybridized carbons (Fsp3) is 0.429. The molecule has 0 saturated carbocycles. The normalized spacial score (nSPS) is 13.5. The summed E-state index contributed by atoms with van der Waals surface area (Å²) in [7, 11) is 0. The molecule has 2 nitrogen and oxygen atoms in total. The first kappa shape index (κ1) is 33.4. The highest BCUT2D eigenvalue weighted by molar-refractivity contribution is 5.50. The SMILES string of the molecule is CCCCCC(c1ccc(C(CCCC)c2ccc(N)cc2C)cc1)c1ccc(C(CCCC)c2ccc(N)cc2C)cc1. The first-order chi connectivity index (χ1) is 21.4. The van der Waals surface area contributed by atoms with Crippen molar-refractivity contribution in [3.05, 3.63) is 129 Å².